The molecule has 4 heteroatoms. The first-order valence-electron chi connectivity index (χ1n) is 6.76. The summed E-state index contributed by atoms with van der Waals surface area (Å²) in [4.78, 5) is 22.6. The maximum atomic E-state index is 12.1. The zero-order chi connectivity index (χ0) is 14.7. The van der Waals surface area contributed by atoms with Crippen molar-refractivity contribution in [2.75, 3.05) is 6.54 Å². The van der Waals surface area contributed by atoms with Gasteiger partial charge < -0.3 is 10.4 Å². The van der Waals surface area contributed by atoms with Crippen LogP contribution in [0.4, 0.5) is 0 Å². The van der Waals surface area contributed by atoms with Gasteiger partial charge in [-0.15, -0.1) is 0 Å². The molecule has 1 amide bonds. The second-order valence-corrected chi connectivity index (χ2v) is 5.49. The number of carboxylic acid groups (broad SMARTS) is 1. The summed E-state index contributed by atoms with van der Waals surface area (Å²) in [6.45, 7) is 4.78. The predicted molar refractivity (Wildman–Crippen MR) is 77.5 cm³/mol. The molecule has 1 aromatic rings. The Hall–Kier alpha value is -2.10. The van der Waals surface area contributed by atoms with Crippen LogP contribution in [0.2, 0.25) is 0 Å². The summed E-state index contributed by atoms with van der Waals surface area (Å²) in [7, 11) is 0. The van der Waals surface area contributed by atoms with Gasteiger partial charge >= 0.3 is 5.97 Å². The Balaban J connectivity index is 2.06. The summed E-state index contributed by atoms with van der Waals surface area (Å²) < 4.78 is 0. The maximum absolute atomic E-state index is 12.1. The average Bonchev–Trinajstić information content (AvgIpc) is 3.09. The van der Waals surface area contributed by atoms with Crippen molar-refractivity contribution in [3.05, 3.63) is 41.0 Å². The third-order valence-electron chi connectivity index (χ3n) is 3.58. The van der Waals surface area contributed by atoms with Crippen LogP contribution < -0.4 is 5.32 Å². The van der Waals surface area contributed by atoms with Gasteiger partial charge in [0.15, 0.2) is 0 Å². The number of nitrogens with one attached hydrogen (secondary N) is 1. The first-order valence-corrected chi connectivity index (χ1v) is 6.76. The molecule has 1 aliphatic carbocycles. The molecule has 20 heavy (non-hydrogen) atoms. The van der Waals surface area contributed by atoms with Crippen molar-refractivity contribution in [1.82, 2.24) is 5.32 Å². The summed E-state index contributed by atoms with van der Waals surface area (Å²) in [6.07, 6.45) is 3.75. The SMILES string of the molecule is Cc1cc(/C=C/C(=O)O)cc(C(=O)NCC2CC2C)c1. The second-order valence-electron chi connectivity index (χ2n) is 5.49. The number of carbonyl (C=O) groups is 2. The number of carboxylic acids is 1. The van der Waals surface area contributed by atoms with Crippen LogP contribution in [0.25, 0.3) is 6.08 Å². The number of aliphatic carboxylic acids is 1. The van der Waals surface area contributed by atoms with Gasteiger partial charge in [-0.1, -0.05) is 13.0 Å². The Labute approximate surface area is 118 Å². The van der Waals surface area contributed by atoms with Gasteiger partial charge in [-0.05, 0) is 54.5 Å². The van der Waals surface area contributed by atoms with Crippen molar-refractivity contribution in [2.45, 2.75) is 20.3 Å². The average molecular weight is 273 g/mol. The van der Waals surface area contributed by atoms with Gasteiger partial charge in [0, 0.05) is 18.2 Å². The summed E-state index contributed by atoms with van der Waals surface area (Å²) >= 11 is 0. The molecule has 1 fully saturated rings. The first kappa shape index (κ1) is 14.3. The van der Waals surface area contributed by atoms with Crippen LogP contribution in [-0.4, -0.2) is 23.5 Å². The summed E-state index contributed by atoms with van der Waals surface area (Å²) in [6, 6.07) is 5.36. The van der Waals surface area contributed by atoms with E-state index in [1.165, 1.54) is 12.5 Å². The topological polar surface area (TPSA) is 66.4 Å². The molecule has 1 saturated carbocycles. The third-order valence-corrected chi connectivity index (χ3v) is 3.58. The van der Waals surface area contributed by atoms with Crippen LogP contribution >= 0.6 is 0 Å². The van der Waals surface area contributed by atoms with E-state index in [1.54, 1.807) is 6.07 Å². The van der Waals surface area contributed by atoms with Gasteiger partial charge in [0.05, 0.1) is 0 Å². The normalized spacial score (nSPS) is 20.9. The zero-order valence-corrected chi connectivity index (χ0v) is 11.7. The molecule has 2 atom stereocenters. The van der Waals surface area contributed by atoms with Crippen molar-refractivity contribution in [3.63, 3.8) is 0 Å². The van der Waals surface area contributed by atoms with Crippen LogP contribution in [0.5, 0.6) is 0 Å². The monoisotopic (exact) mass is 273 g/mol. The zero-order valence-electron chi connectivity index (χ0n) is 11.7. The number of carbonyl (C=O) groups excluding carboxylic acids is 1. The smallest absolute Gasteiger partial charge is 0.328 e. The standard InChI is InChI=1S/C16H19NO3/c1-10-5-12(3-4-15(18)19)8-13(6-10)16(20)17-9-14-7-11(14)2/h3-6,8,11,14H,7,9H2,1-2H3,(H,17,20)(H,18,19)/b4-3+. The van der Waals surface area contributed by atoms with Crippen molar-refractivity contribution in [2.24, 2.45) is 11.8 Å². The largest absolute Gasteiger partial charge is 0.478 e. The van der Waals surface area contributed by atoms with Crippen molar-refractivity contribution >= 4 is 18.0 Å². The molecule has 2 rings (SSSR count). The molecule has 0 aromatic heterocycles. The fraction of sp³-hybridized carbons (Fsp3) is 0.375. The van der Waals surface area contributed by atoms with Crippen LogP contribution in [0, 0.1) is 18.8 Å². The van der Waals surface area contributed by atoms with E-state index in [0.29, 0.717) is 23.9 Å². The number of aryl methyl sites for hydroxylation is 1. The molecular weight excluding hydrogens is 254 g/mol. The van der Waals surface area contributed by atoms with Gasteiger partial charge in [-0.25, -0.2) is 4.79 Å². The van der Waals surface area contributed by atoms with Crippen molar-refractivity contribution in [3.8, 4) is 0 Å². The van der Waals surface area contributed by atoms with Crippen molar-refractivity contribution in [1.29, 1.82) is 0 Å². The summed E-state index contributed by atoms with van der Waals surface area (Å²) in [5.41, 5.74) is 2.23. The molecule has 2 unspecified atom stereocenters. The van der Waals surface area contributed by atoms with Gasteiger partial charge in [0.2, 0.25) is 0 Å². The highest BCUT2D eigenvalue weighted by atomic mass is 16.4. The highest BCUT2D eigenvalue weighted by molar-refractivity contribution is 5.95. The number of rotatable bonds is 5. The van der Waals surface area contributed by atoms with Crippen LogP contribution in [0.1, 0.15) is 34.8 Å². The molecule has 0 heterocycles. The fourth-order valence-corrected chi connectivity index (χ4v) is 2.22. The third kappa shape index (κ3) is 3.95. The molecule has 0 saturated heterocycles. The Kier molecular flexibility index (Phi) is 4.23. The van der Waals surface area contributed by atoms with Gasteiger partial charge in [-0.2, -0.15) is 0 Å². The highest BCUT2D eigenvalue weighted by Crippen LogP contribution is 2.36. The van der Waals surface area contributed by atoms with E-state index in [-0.39, 0.29) is 5.91 Å². The van der Waals surface area contributed by atoms with Gasteiger partial charge in [-0.3, -0.25) is 4.79 Å². The summed E-state index contributed by atoms with van der Waals surface area (Å²) in [5, 5.41) is 11.6. The Morgan fingerprint density at radius 3 is 2.70 bits per heavy atom. The Morgan fingerprint density at radius 1 is 1.40 bits per heavy atom. The molecular formula is C16H19NO3. The van der Waals surface area contributed by atoms with Crippen LogP contribution in [0.3, 0.4) is 0 Å². The Bertz CT molecular complexity index is 563. The minimum absolute atomic E-state index is 0.0993. The van der Waals surface area contributed by atoms with E-state index in [2.05, 4.69) is 12.2 Å². The summed E-state index contributed by atoms with van der Waals surface area (Å²) in [5.74, 6) is 0.218. The molecule has 0 aliphatic heterocycles. The first-order chi connectivity index (χ1) is 9.45. The highest BCUT2D eigenvalue weighted by Gasteiger charge is 2.32. The molecule has 1 aliphatic rings. The Morgan fingerprint density at radius 2 is 2.10 bits per heavy atom. The van der Waals surface area contributed by atoms with E-state index < -0.39 is 5.97 Å². The lowest BCUT2D eigenvalue weighted by molar-refractivity contribution is -0.131. The minimum Gasteiger partial charge on any atom is -0.478 e. The molecule has 4 nitrogen and oxygen atoms in total. The molecule has 0 radical (unpaired) electrons. The molecule has 0 spiro atoms. The molecule has 1 aromatic carbocycles. The van der Waals surface area contributed by atoms with E-state index in [1.807, 2.05) is 19.1 Å². The lowest BCUT2D eigenvalue weighted by Crippen LogP contribution is -2.26. The van der Waals surface area contributed by atoms with E-state index >= 15 is 0 Å². The fourth-order valence-electron chi connectivity index (χ4n) is 2.22. The quantitative estimate of drug-likeness (QED) is 0.810. The van der Waals surface area contributed by atoms with E-state index in [9.17, 15) is 9.59 Å². The number of hydrogen-bond donors (Lipinski definition) is 2. The van der Waals surface area contributed by atoms with E-state index in [0.717, 1.165) is 17.2 Å². The minimum atomic E-state index is -1.000. The molecule has 2 N–H and O–H groups in total. The van der Waals surface area contributed by atoms with Crippen molar-refractivity contribution < 1.29 is 14.7 Å². The second kappa shape index (κ2) is 5.90. The molecule has 106 valence electrons. The van der Waals surface area contributed by atoms with E-state index in [4.69, 9.17) is 5.11 Å². The number of hydrogen-bond acceptors (Lipinski definition) is 2. The van der Waals surface area contributed by atoms with Gasteiger partial charge in [0.1, 0.15) is 0 Å². The van der Waals surface area contributed by atoms with Crippen LogP contribution in [-0.2, 0) is 4.79 Å². The predicted octanol–water partition coefficient (Wildman–Crippen LogP) is 2.48. The van der Waals surface area contributed by atoms with Gasteiger partial charge in [0.25, 0.3) is 5.91 Å². The lowest BCUT2D eigenvalue weighted by atomic mass is 10.1. The molecule has 0 bridgehead atoms. The van der Waals surface area contributed by atoms with Crippen LogP contribution in [0.15, 0.2) is 24.3 Å². The maximum Gasteiger partial charge on any atom is 0.328 e. The number of amides is 1. The number of benzene rings is 1. The lowest BCUT2D eigenvalue weighted by Gasteiger charge is -2.07.